The number of nitrogens with one attached hydrogen (secondary N) is 3. The highest BCUT2D eigenvalue weighted by atomic mass is 16.5. The Balaban J connectivity index is 1.56. The van der Waals surface area contributed by atoms with Crippen LogP contribution in [0, 0.1) is 0 Å². The second-order valence-electron chi connectivity index (χ2n) is 6.48. The van der Waals surface area contributed by atoms with Gasteiger partial charge in [-0.15, -0.1) is 0 Å². The van der Waals surface area contributed by atoms with Gasteiger partial charge in [0.1, 0.15) is 0 Å². The van der Waals surface area contributed by atoms with Crippen molar-refractivity contribution >= 4 is 28.6 Å². The highest BCUT2D eigenvalue weighted by molar-refractivity contribution is 5.96. The lowest BCUT2D eigenvalue weighted by Gasteiger charge is -2.16. The first-order valence-corrected chi connectivity index (χ1v) is 8.69. The van der Waals surface area contributed by atoms with Crippen LogP contribution in [0.5, 0.6) is 0 Å². The Morgan fingerprint density at radius 3 is 2.48 bits per heavy atom. The Hall–Kier alpha value is -3.35. The third-order valence-electron chi connectivity index (χ3n) is 4.30. The lowest BCUT2D eigenvalue weighted by Crippen LogP contribution is -2.30. The number of imidazole rings is 1. The molecule has 0 fully saturated rings. The molecule has 1 heterocycles. The molecule has 3 N–H and O–H groups in total. The zero-order chi connectivity index (χ0) is 19.4. The van der Waals surface area contributed by atoms with Gasteiger partial charge >= 0.3 is 11.7 Å². The molecule has 3 rings (SSSR count). The van der Waals surface area contributed by atoms with Crippen molar-refractivity contribution in [1.29, 1.82) is 0 Å². The molecule has 7 nitrogen and oxygen atoms in total. The quantitative estimate of drug-likeness (QED) is 0.583. The average molecular weight is 367 g/mol. The van der Waals surface area contributed by atoms with Crippen LogP contribution in [0.3, 0.4) is 0 Å². The molecule has 7 heteroatoms. The third kappa shape index (κ3) is 4.63. The van der Waals surface area contributed by atoms with Crippen molar-refractivity contribution in [3.05, 3.63) is 64.6 Å². The van der Waals surface area contributed by atoms with Gasteiger partial charge in [-0.05, 0) is 36.6 Å². The second kappa shape index (κ2) is 7.90. The summed E-state index contributed by atoms with van der Waals surface area (Å²) in [5.74, 6) is -0.867. The highest BCUT2D eigenvalue weighted by Crippen LogP contribution is 2.20. The van der Waals surface area contributed by atoms with E-state index in [0.717, 1.165) is 5.56 Å². The Morgan fingerprint density at radius 2 is 1.74 bits per heavy atom. The van der Waals surface area contributed by atoms with Gasteiger partial charge in [0.25, 0.3) is 5.91 Å². The van der Waals surface area contributed by atoms with Crippen molar-refractivity contribution in [3.63, 3.8) is 0 Å². The van der Waals surface area contributed by atoms with Gasteiger partial charge in [0.2, 0.25) is 0 Å². The molecule has 1 aromatic heterocycles. The van der Waals surface area contributed by atoms with Gasteiger partial charge in [-0.25, -0.2) is 4.79 Å². The molecule has 1 amide bonds. The number of carbonyl (C=O) groups is 2. The zero-order valence-corrected chi connectivity index (χ0v) is 15.1. The van der Waals surface area contributed by atoms with Crippen molar-refractivity contribution in [2.75, 3.05) is 5.32 Å². The minimum Gasteiger partial charge on any atom is -0.453 e. The number of amides is 1. The van der Waals surface area contributed by atoms with E-state index in [1.165, 1.54) is 6.92 Å². The number of carbonyl (C=O) groups excluding carboxylic acids is 2. The van der Waals surface area contributed by atoms with Crippen LogP contribution in [-0.4, -0.2) is 27.9 Å². The van der Waals surface area contributed by atoms with Crippen LogP contribution in [0.4, 0.5) is 5.69 Å². The van der Waals surface area contributed by atoms with Gasteiger partial charge in [-0.2, -0.15) is 0 Å². The van der Waals surface area contributed by atoms with E-state index in [-0.39, 0.29) is 18.0 Å². The Morgan fingerprint density at radius 1 is 1.04 bits per heavy atom. The first kappa shape index (κ1) is 18.4. The third-order valence-corrected chi connectivity index (χ3v) is 4.30. The van der Waals surface area contributed by atoms with Gasteiger partial charge in [-0.1, -0.05) is 37.3 Å². The predicted octanol–water partition coefficient (Wildman–Crippen LogP) is 2.92. The number of anilines is 1. The molecule has 0 aliphatic rings. The van der Waals surface area contributed by atoms with Crippen LogP contribution in [0.2, 0.25) is 0 Å². The van der Waals surface area contributed by atoms with E-state index in [1.54, 1.807) is 18.2 Å². The van der Waals surface area contributed by atoms with Crippen molar-refractivity contribution < 1.29 is 14.3 Å². The summed E-state index contributed by atoms with van der Waals surface area (Å²) in [6.07, 6.45) is -0.737. The van der Waals surface area contributed by atoms with Crippen molar-refractivity contribution in [2.24, 2.45) is 0 Å². The van der Waals surface area contributed by atoms with E-state index >= 15 is 0 Å². The summed E-state index contributed by atoms with van der Waals surface area (Å²) in [7, 11) is 0. The summed E-state index contributed by atoms with van der Waals surface area (Å²) in [5, 5.41) is 2.68. The summed E-state index contributed by atoms with van der Waals surface area (Å²) < 4.78 is 5.25. The summed E-state index contributed by atoms with van der Waals surface area (Å²) in [5.41, 5.74) is 2.46. The van der Waals surface area contributed by atoms with Gasteiger partial charge in [0.15, 0.2) is 6.10 Å². The molecule has 2 atom stereocenters. The number of fused-ring (bicyclic) bond motifs is 1. The van der Waals surface area contributed by atoms with Gasteiger partial charge < -0.3 is 20.0 Å². The van der Waals surface area contributed by atoms with E-state index in [0.29, 0.717) is 16.7 Å². The number of hydrogen-bond acceptors (Lipinski definition) is 4. The first-order valence-electron chi connectivity index (χ1n) is 8.69. The average Bonchev–Trinajstić information content (AvgIpc) is 3.01. The van der Waals surface area contributed by atoms with Crippen molar-refractivity contribution in [1.82, 2.24) is 9.97 Å². The van der Waals surface area contributed by atoms with E-state index in [9.17, 15) is 14.4 Å². The summed E-state index contributed by atoms with van der Waals surface area (Å²) in [6, 6.07) is 14.6. The van der Waals surface area contributed by atoms with Crippen LogP contribution in [0.15, 0.2) is 53.3 Å². The van der Waals surface area contributed by atoms with Crippen LogP contribution >= 0.6 is 0 Å². The molecule has 3 aromatic rings. The van der Waals surface area contributed by atoms with Crippen LogP contribution in [-0.2, 0) is 14.3 Å². The fraction of sp³-hybridized carbons (Fsp3) is 0.250. The molecule has 0 bridgehead atoms. The molecule has 0 unspecified atom stereocenters. The number of hydrogen-bond donors (Lipinski definition) is 3. The molecule has 0 saturated heterocycles. The minimum atomic E-state index is -0.929. The molecule has 0 aliphatic heterocycles. The standard InChI is InChI=1S/C20H21N3O4/c1-12(14-6-4-3-5-7-14)10-18(24)27-13(2)19(25)21-15-8-9-16-17(11-15)23-20(26)22-16/h3-9,11-13H,10H2,1-2H3,(H,21,25)(H2,22,23,26)/t12-,13-/m1/s1. The molecule has 0 saturated carbocycles. The number of esters is 1. The molecule has 0 spiro atoms. The lowest BCUT2D eigenvalue weighted by atomic mass is 9.98. The minimum absolute atomic E-state index is 0.00165. The summed E-state index contributed by atoms with van der Waals surface area (Å²) in [6.45, 7) is 3.46. The van der Waals surface area contributed by atoms with E-state index in [4.69, 9.17) is 4.74 Å². The summed E-state index contributed by atoms with van der Waals surface area (Å²) >= 11 is 0. The summed E-state index contributed by atoms with van der Waals surface area (Å²) in [4.78, 5) is 40.9. The topological polar surface area (TPSA) is 104 Å². The molecular weight excluding hydrogens is 346 g/mol. The fourth-order valence-corrected chi connectivity index (χ4v) is 2.80. The van der Waals surface area contributed by atoms with Gasteiger partial charge in [0, 0.05) is 5.69 Å². The molecule has 0 aliphatic carbocycles. The maximum Gasteiger partial charge on any atom is 0.323 e. The molecule has 0 radical (unpaired) electrons. The number of aromatic amines is 2. The molecule has 27 heavy (non-hydrogen) atoms. The lowest BCUT2D eigenvalue weighted by molar-refractivity contribution is -0.153. The van der Waals surface area contributed by atoms with Gasteiger partial charge in [0.05, 0.1) is 17.5 Å². The molecule has 2 aromatic carbocycles. The number of benzene rings is 2. The number of ether oxygens (including phenoxy) is 1. The Bertz CT molecular complexity index is 1010. The van der Waals surface area contributed by atoms with E-state index in [2.05, 4.69) is 15.3 Å². The normalized spacial score (nSPS) is 13.1. The zero-order valence-electron chi connectivity index (χ0n) is 15.1. The molecular formula is C20H21N3O4. The maximum atomic E-state index is 12.3. The van der Waals surface area contributed by atoms with Gasteiger partial charge in [-0.3, -0.25) is 9.59 Å². The smallest absolute Gasteiger partial charge is 0.323 e. The van der Waals surface area contributed by atoms with Crippen LogP contribution in [0.1, 0.15) is 31.7 Å². The number of aromatic nitrogens is 2. The molecule has 140 valence electrons. The monoisotopic (exact) mass is 367 g/mol. The first-order chi connectivity index (χ1) is 12.9. The fourth-order valence-electron chi connectivity index (χ4n) is 2.80. The highest BCUT2D eigenvalue weighted by Gasteiger charge is 2.20. The number of H-pyrrole nitrogens is 2. The van der Waals surface area contributed by atoms with E-state index in [1.807, 2.05) is 37.3 Å². The van der Waals surface area contributed by atoms with E-state index < -0.39 is 18.0 Å². The van der Waals surface area contributed by atoms with Crippen molar-refractivity contribution in [2.45, 2.75) is 32.3 Å². The Labute approximate surface area is 155 Å². The number of rotatable bonds is 6. The van der Waals surface area contributed by atoms with Crippen LogP contribution < -0.4 is 11.0 Å². The Kier molecular flexibility index (Phi) is 5.40. The SMILES string of the molecule is C[C@H](CC(=O)O[C@H](C)C(=O)Nc1ccc2[nH]c(=O)[nH]c2c1)c1ccccc1. The predicted molar refractivity (Wildman–Crippen MR) is 103 cm³/mol. The largest absolute Gasteiger partial charge is 0.453 e. The van der Waals surface area contributed by atoms with Crippen LogP contribution in [0.25, 0.3) is 11.0 Å². The van der Waals surface area contributed by atoms with Crippen molar-refractivity contribution in [3.8, 4) is 0 Å². The second-order valence-corrected chi connectivity index (χ2v) is 6.48. The maximum absolute atomic E-state index is 12.3.